The van der Waals surface area contributed by atoms with Gasteiger partial charge in [-0.25, -0.2) is 4.79 Å². The van der Waals surface area contributed by atoms with Gasteiger partial charge in [0.25, 0.3) is 0 Å². The first kappa shape index (κ1) is 18.5. The quantitative estimate of drug-likeness (QED) is 0.207. The van der Waals surface area contributed by atoms with Crippen molar-refractivity contribution in [2.24, 2.45) is 0 Å². The SMILES string of the molecule is Cc1ccc(C(=O)OC2CN3C(=N)N[C@@H](CO)[C@@H]4NC(=N)NC43C2(O)O)cc1. The summed E-state index contributed by atoms with van der Waals surface area (Å²) in [5, 5.41) is 56.0. The Kier molecular flexibility index (Phi) is 4.00. The van der Waals surface area contributed by atoms with E-state index in [0.29, 0.717) is 0 Å². The molecule has 11 heteroatoms. The van der Waals surface area contributed by atoms with E-state index in [1.54, 1.807) is 24.3 Å². The normalized spacial score (nSPS) is 32.7. The first-order valence-electron chi connectivity index (χ1n) is 8.80. The maximum atomic E-state index is 12.5. The third kappa shape index (κ3) is 2.37. The molecule has 3 heterocycles. The second-order valence-corrected chi connectivity index (χ2v) is 7.27. The first-order chi connectivity index (χ1) is 13.2. The van der Waals surface area contributed by atoms with Gasteiger partial charge in [-0.05, 0) is 19.1 Å². The van der Waals surface area contributed by atoms with Gasteiger partial charge in [0.15, 0.2) is 23.7 Å². The number of aryl methyl sites for hydroxylation is 1. The molecule has 0 radical (unpaired) electrons. The zero-order valence-corrected chi connectivity index (χ0v) is 15.1. The molecule has 4 atom stereocenters. The van der Waals surface area contributed by atoms with Gasteiger partial charge in [0, 0.05) is 0 Å². The molecule has 0 saturated carbocycles. The minimum absolute atomic E-state index is 0.180. The van der Waals surface area contributed by atoms with Crippen LogP contribution in [0.15, 0.2) is 24.3 Å². The number of carbonyl (C=O) groups excluding carboxylic acids is 1. The highest BCUT2D eigenvalue weighted by Crippen LogP contribution is 2.44. The average molecular weight is 390 g/mol. The van der Waals surface area contributed by atoms with E-state index in [9.17, 15) is 20.1 Å². The lowest BCUT2D eigenvalue weighted by molar-refractivity contribution is -0.258. The Morgan fingerprint density at radius 1 is 1.29 bits per heavy atom. The standard InChI is InChI=1S/C17H22N6O5/c1-8-2-4-9(5-3-8)13(25)28-11-6-23-15(19)20-10(7-24)12-16(23,17(11,26)27)22-14(18)21-12/h2-5,10-12,24,26-27H,6-7H2,1H3,(H2,19,20)(H3,18,21,22)/t10-,11?,12-,16?/m0/s1. The molecular weight excluding hydrogens is 368 g/mol. The molecule has 28 heavy (non-hydrogen) atoms. The van der Waals surface area contributed by atoms with Crippen LogP contribution in [0.25, 0.3) is 0 Å². The molecule has 3 aliphatic rings. The molecule has 11 nitrogen and oxygen atoms in total. The second kappa shape index (κ2) is 6.06. The van der Waals surface area contributed by atoms with Crippen molar-refractivity contribution < 1.29 is 24.9 Å². The number of rotatable bonds is 3. The summed E-state index contributed by atoms with van der Waals surface area (Å²) in [7, 11) is 0. The molecule has 0 aromatic heterocycles. The molecule has 0 aliphatic carbocycles. The fourth-order valence-corrected chi connectivity index (χ4v) is 4.16. The molecule has 0 amide bonds. The number of nitrogens with zero attached hydrogens (tertiary/aromatic N) is 1. The van der Waals surface area contributed by atoms with Crippen LogP contribution in [0.3, 0.4) is 0 Å². The van der Waals surface area contributed by atoms with E-state index in [1.807, 2.05) is 6.92 Å². The third-order valence-corrected chi connectivity index (χ3v) is 5.58. The number of esters is 1. The molecule has 150 valence electrons. The maximum absolute atomic E-state index is 12.5. The molecule has 2 unspecified atom stereocenters. The number of hydrogen-bond acceptors (Lipinski definition) is 7. The zero-order valence-electron chi connectivity index (χ0n) is 15.1. The Morgan fingerprint density at radius 3 is 2.61 bits per heavy atom. The van der Waals surface area contributed by atoms with Gasteiger partial charge in [-0.2, -0.15) is 0 Å². The zero-order chi connectivity index (χ0) is 20.3. The van der Waals surface area contributed by atoms with Gasteiger partial charge in [0.1, 0.15) is 0 Å². The Morgan fingerprint density at radius 2 is 1.96 bits per heavy atom. The van der Waals surface area contributed by atoms with Crippen molar-refractivity contribution in [3.63, 3.8) is 0 Å². The van der Waals surface area contributed by atoms with Gasteiger partial charge in [-0.15, -0.1) is 0 Å². The number of guanidine groups is 2. The van der Waals surface area contributed by atoms with Crippen LogP contribution >= 0.6 is 0 Å². The molecular formula is C17H22N6O5. The summed E-state index contributed by atoms with van der Waals surface area (Å²) in [4.78, 5) is 13.8. The summed E-state index contributed by atoms with van der Waals surface area (Å²) >= 11 is 0. The van der Waals surface area contributed by atoms with Gasteiger partial charge >= 0.3 is 5.97 Å². The first-order valence-corrected chi connectivity index (χ1v) is 8.80. The maximum Gasteiger partial charge on any atom is 0.338 e. The molecule has 3 fully saturated rings. The van der Waals surface area contributed by atoms with E-state index in [2.05, 4.69) is 16.0 Å². The second-order valence-electron chi connectivity index (χ2n) is 7.27. The van der Waals surface area contributed by atoms with Crippen LogP contribution in [-0.2, 0) is 4.74 Å². The Bertz CT molecular complexity index is 843. The van der Waals surface area contributed by atoms with E-state index in [0.717, 1.165) is 5.56 Å². The Hall–Kier alpha value is -2.89. The summed E-state index contributed by atoms with van der Waals surface area (Å²) in [5.74, 6) is -3.75. The molecule has 4 rings (SSSR count). The van der Waals surface area contributed by atoms with E-state index < -0.39 is 42.2 Å². The number of ether oxygens (including phenoxy) is 1. The summed E-state index contributed by atoms with van der Waals surface area (Å²) < 4.78 is 5.39. The van der Waals surface area contributed by atoms with Crippen LogP contribution < -0.4 is 16.0 Å². The van der Waals surface area contributed by atoms with Gasteiger partial charge in [0.2, 0.25) is 5.79 Å². The minimum Gasteiger partial charge on any atom is -0.451 e. The third-order valence-electron chi connectivity index (χ3n) is 5.58. The van der Waals surface area contributed by atoms with Crippen LogP contribution in [-0.4, -0.2) is 80.9 Å². The molecule has 0 bridgehead atoms. The summed E-state index contributed by atoms with van der Waals surface area (Å²) in [6.45, 7) is 1.28. The molecule has 1 spiro atoms. The largest absolute Gasteiger partial charge is 0.451 e. The highest BCUT2D eigenvalue weighted by Gasteiger charge is 2.75. The van der Waals surface area contributed by atoms with E-state index >= 15 is 0 Å². The monoisotopic (exact) mass is 390 g/mol. The average Bonchev–Trinajstić information content (AvgIpc) is 3.11. The van der Waals surface area contributed by atoms with Gasteiger partial charge in [-0.3, -0.25) is 10.8 Å². The van der Waals surface area contributed by atoms with Crippen LogP contribution in [0.2, 0.25) is 0 Å². The highest BCUT2D eigenvalue weighted by molar-refractivity contribution is 5.90. The molecule has 1 aromatic rings. The predicted molar refractivity (Wildman–Crippen MR) is 96.5 cm³/mol. The van der Waals surface area contributed by atoms with E-state index in [-0.39, 0.29) is 24.0 Å². The summed E-state index contributed by atoms with van der Waals surface area (Å²) in [5.41, 5.74) is -0.533. The molecule has 3 saturated heterocycles. The molecule has 8 N–H and O–H groups in total. The van der Waals surface area contributed by atoms with Gasteiger partial charge in [0.05, 0.1) is 30.8 Å². The number of carbonyl (C=O) groups is 1. The van der Waals surface area contributed by atoms with Crippen molar-refractivity contribution in [3.8, 4) is 0 Å². The topological polar surface area (TPSA) is 174 Å². The lowest BCUT2D eigenvalue weighted by Crippen LogP contribution is -2.80. The molecule has 3 aliphatic heterocycles. The summed E-state index contributed by atoms with van der Waals surface area (Å²) in [6.07, 6.45) is -1.40. The number of aliphatic hydroxyl groups is 3. The molecule has 1 aromatic carbocycles. The minimum atomic E-state index is -2.64. The number of nitrogens with one attached hydrogen (secondary N) is 5. The fraction of sp³-hybridized carbons (Fsp3) is 0.471. The lowest BCUT2D eigenvalue weighted by atomic mass is 9.85. The van der Waals surface area contributed by atoms with Crippen LogP contribution in [0.4, 0.5) is 0 Å². The van der Waals surface area contributed by atoms with Crippen molar-refractivity contribution in [3.05, 3.63) is 35.4 Å². The van der Waals surface area contributed by atoms with Crippen molar-refractivity contribution >= 4 is 17.9 Å². The van der Waals surface area contributed by atoms with Crippen LogP contribution in [0.5, 0.6) is 0 Å². The highest BCUT2D eigenvalue weighted by atomic mass is 16.6. The fourth-order valence-electron chi connectivity index (χ4n) is 4.16. The van der Waals surface area contributed by atoms with Crippen molar-refractivity contribution in [2.45, 2.75) is 36.6 Å². The number of benzene rings is 1. The Labute approximate surface area is 160 Å². The van der Waals surface area contributed by atoms with Gasteiger partial charge in [-0.1, -0.05) is 17.7 Å². The predicted octanol–water partition coefficient (Wildman–Crippen LogP) is -2.39. The van der Waals surface area contributed by atoms with E-state index in [1.165, 1.54) is 4.90 Å². The van der Waals surface area contributed by atoms with Gasteiger partial charge < -0.3 is 40.9 Å². The van der Waals surface area contributed by atoms with Crippen LogP contribution in [0, 0.1) is 17.7 Å². The van der Waals surface area contributed by atoms with Crippen LogP contribution in [0.1, 0.15) is 15.9 Å². The smallest absolute Gasteiger partial charge is 0.338 e. The van der Waals surface area contributed by atoms with E-state index in [4.69, 9.17) is 15.6 Å². The lowest BCUT2D eigenvalue weighted by Gasteiger charge is -2.50. The van der Waals surface area contributed by atoms with Crippen molar-refractivity contribution in [2.75, 3.05) is 13.2 Å². The summed E-state index contributed by atoms with van der Waals surface area (Å²) in [6, 6.07) is 5.01. The van der Waals surface area contributed by atoms with Crippen molar-refractivity contribution in [1.82, 2.24) is 20.9 Å². The Balaban J connectivity index is 1.67. The van der Waals surface area contributed by atoms with Crippen molar-refractivity contribution in [1.29, 1.82) is 10.8 Å². The number of hydrogen-bond donors (Lipinski definition) is 8. The number of aliphatic hydroxyl groups excluding tert-OH is 1.